The fraction of sp³-hybridized carbons (Fsp3) is 0.0741. The third kappa shape index (κ3) is 4.13. The standard InChI is InChI=1S/C27H21NO4S/c1-32-25-18-17-24(28(30)31)23(19-29)26(25)33-27(20-11-5-2-6-12-20,21-13-7-3-8-14-21)22-15-9-4-10-16-22/h2-19H,1H3. The topological polar surface area (TPSA) is 69.4 Å². The van der Waals surface area contributed by atoms with Crippen LogP contribution in [0.2, 0.25) is 0 Å². The van der Waals surface area contributed by atoms with E-state index in [2.05, 4.69) is 0 Å². The van der Waals surface area contributed by atoms with E-state index in [0.717, 1.165) is 16.7 Å². The molecule has 0 N–H and O–H groups in total. The maximum atomic E-state index is 12.1. The lowest BCUT2D eigenvalue weighted by Crippen LogP contribution is -2.26. The van der Waals surface area contributed by atoms with E-state index in [0.29, 0.717) is 16.9 Å². The van der Waals surface area contributed by atoms with Crippen molar-refractivity contribution in [3.05, 3.63) is 135 Å². The summed E-state index contributed by atoms with van der Waals surface area (Å²) in [7, 11) is 1.50. The average molecular weight is 456 g/mol. The van der Waals surface area contributed by atoms with E-state index >= 15 is 0 Å². The van der Waals surface area contributed by atoms with Crippen LogP contribution in [0.1, 0.15) is 27.0 Å². The van der Waals surface area contributed by atoms with Crippen LogP contribution < -0.4 is 4.74 Å². The van der Waals surface area contributed by atoms with Crippen molar-refractivity contribution < 1.29 is 14.5 Å². The lowest BCUT2D eigenvalue weighted by atomic mass is 9.84. The predicted octanol–water partition coefficient (Wildman–Crippen LogP) is 6.50. The molecule has 33 heavy (non-hydrogen) atoms. The molecule has 6 heteroatoms. The van der Waals surface area contributed by atoms with Crippen LogP contribution in [0.4, 0.5) is 5.69 Å². The molecule has 164 valence electrons. The summed E-state index contributed by atoms with van der Waals surface area (Å²) in [5, 5.41) is 11.7. The summed E-state index contributed by atoms with van der Waals surface area (Å²) in [4.78, 5) is 23.7. The average Bonchev–Trinajstić information content (AvgIpc) is 2.88. The minimum absolute atomic E-state index is 0.00322. The maximum absolute atomic E-state index is 12.1. The number of nitro benzene ring substituents is 1. The molecule has 4 aromatic carbocycles. The number of carbonyl (C=O) groups excluding carboxylic acids is 1. The summed E-state index contributed by atoms with van der Waals surface area (Å²) in [5.74, 6) is 0.403. The number of thioether (sulfide) groups is 1. The van der Waals surface area contributed by atoms with Crippen LogP contribution >= 0.6 is 11.8 Å². The van der Waals surface area contributed by atoms with E-state index in [9.17, 15) is 14.9 Å². The number of hydrogen-bond acceptors (Lipinski definition) is 5. The first-order valence-corrected chi connectivity index (χ1v) is 11.1. The van der Waals surface area contributed by atoms with Gasteiger partial charge in [-0.3, -0.25) is 14.9 Å². The molecule has 5 nitrogen and oxygen atoms in total. The second-order valence-electron chi connectivity index (χ2n) is 7.29. The van der Waals surface area contributed by atoms with Crippen molar-refractivity contribution in [2.75, 3.05) is 7.11 Å². The molecule has 0 aromatic heterocycles. The minimum atomic E-state index is -0.802. The van der Waals surface area contributed by atoms with Gasteiger partial charge in [-0.25, -0.2) is 0 Å². The molecule has 4 rings (SSSR count). The molecule has 0 unspecified atom stereocenters. The number of ether oxygens (including phenoxy) is 1. The Labute approximate surface area is 196 Å². The predicted molar refractivity (Wildman–Crippen MR) is 130 cm³/mol. The molecule has 0 amide bonds. The van der Waals surface area contributed by atoms with Gasteiger partial charge in [0.2, 0.25) is 0 Å². The van der Waals surface area contributed by atoms with Crippen molar-refractivity contribution >= 4 is 23.7 Å². The van der Waals surface area contributed by atoms with E-state index in [1.54, 1.807) is 6.07 Å². The number of methoxy groups -OCH3 is 1. The maximum Gasteiger partial charge on any atom is 0.281 e. The summed E-state index contributed by atoms with van der Waals surface area (Å²) >= 11 is 1.37. The van der Waals surface area contributed by atoms with Crippen molar-refractivity contribution in [3.63, 3.8) is 0 Å². The zero-order valence-electron chi connectivity index (χ0n) is 17.9. The van der Waals surface area contributed by atoms with Crippen molar-refractivity contribution in [1.82, 2.24) is 0 Å². The zero-order valence-corrected chi connectivity index (χ0v) is 18.7. The molecule has 0 heterocycles. The molecule has 0 aliphatic carbocycles. The molecule has 0 saturated carbocycles. The van der Waals surface area contributed by atoms with Gasteiger partial charge in [-0.1, -0.05) is 103 Å². The van der Waals surface area contributed by atoms with Crippen LogP contribution in [0.15, 0.2) is 108 Å². The third-order valence-electron chi connectivity index (χ3n) is 5.47. The lowest BCUT2D eigenvalue weighted by molar-refractivity contribution is -0.385. The monoisotopic (exact) mass is 455 g/mol. The summed E-state index contributed by atoms with van der Waals surface area (Å²) in [6.45, 7) is 0. The highest BCUT2D eigenvalue weighted by Crippen LogP contribution is 2.54. The number of hydrogen-bond donors (Lipinski definition) is 0. The molecule has 0 bridgehead atoms. The first-order valence-electron chi connectivity index (χ1n) is 10.3. The molecular weight excluding hydrogens is 434 g/mol. The normalized spacial score (nSPS) is 11.1. The third-order valence-corrected chi connectivity index (χ3v) is 7.11. The van der Waals surface area contributed by atoms with Crippen molar-refractivity contribution in [2.45, 2.75) is 9.64 Å². The van der Waals surface area contributed by atoms with Crippen LogP contribution in [0.3, 0.4) is 0 Å². The van der Waals surface area contributed by atoms with Gasteiger partial charge in [0, 0.05) is 6.07 Å². The van der Waals surface area contributed by atoms with Crippen LogP contribution in [-0.2, 0) is 4.75 Å². The Morgan fingerprint density at radius 2 is 1.24 bits per heavy atom. The highest BCUT2D eigenvalue weighted by atomic mass is 32.2. The molecule has 0 radical (unpaired) electrons. The van der Waals surface area contributed by atoms with Gasteiger partial charge in [0.25, 0.3) is 5.69 Å². The number of nitro groups is 1. The second kappa shape index (κ2) is 9.71. The van der Waals surface area contributed by atoms with Gasteiger partial charge < -0.3 is 4.74 Å². The van der Waals surface area contributed by atoms with Crippen LogP contribution in [0.25, 0.3) is 0 Å². The smallest absolute Gasteiger partial charge is 0.281 e. The molecule has 0 spiro atoms. The van der Waals surface area contributed by atoms with Crippen molar-refractivity contribution in [3.8, 4) is 5.75 Å². The summed E-state index contributed by atoms with van der Waals surface area (Å²) in [6, 6.07) is 32.6. The minimum Gasteiger partial charge on any atom is -0.496 e. The number of carbonyl (C=O) groups is 1. The van der Waals surface area contributed by atoms with E-state index in [1.807, 2.05) is 91.0 Å². The number of nitrogens with zero attached hydrogens (tertiary/aromatic N) is 1. The Morgan fingerprint density at radius 1 is 0.788 bits per heavy atom. The SMILES string of the molecule is COc1ccc([N+](=O)[O-])c(C=O)c1SC(c1ccccc1)(c1ccccc1)c1ccccc1. The van der Waals surface area contributed by atoms with Gasteiger partial charge in [0.05, 0.1) is 21.7 Å². The number of benzene rings is 4. The first kappa shape index (κ1) is 22.3. The molecule has 4 aromatic rings. The van der Waals surface area contributed by atoms with Crippen molar-refractivity contribution in [1.29, 1.82) is 0 Å². The van der Waals surface area contributed by atoms with E-state index in [1.165, 1.54) is 24.9 Å². The summed E-state index contributed by atoms with van der Waals surface area (Å²) in [6.07, 6.45) is 0.536. The quantitative estimate of drug-likeness (QED) is 0.0997. The second-order valence-corrected chi connectivity index (χ2v) is 8.51. The van der Waals surface area contributed by atoms with E-state index < -0.39 is 9.67 Å². The fourth-order valence-corrected chi connectivity index (χ4v) is 5.54. The zero-order chi connectivity index (χ0) is 23.3. The number of rotatable bonds is 8. The lowest BCUT2D eigenvalue weighted by Gasteiger charge is -2.36. The molecule has 0 aliphatic heterocycles. The van der Waals surface area contributed by atoms with Gasteiger partial charge in [-0.15, -0.1) is 0 Å². The van der Waals surface area contributed by atoms with Crippen LogP contribution in [0, 0.1) is 10.1 Å². The Kier molecular flexibility index (Phi) is 6.56. The molecular formula is C27H21NO4S. The van der Waals surface area contributed by atoms with Gasteiger partial charge in [0.1, 0.15) is 11.3 Å². The molecule has 0 atom stereocenters. The van der Waals surface area contributed by atoms with Gasteiger partial charge in [-0.2, -0.15) is 0 Å². The first-order chi connectivity index (χ1) is 16.1. The molecule has 0 saturated heterocycles. The van der Waals surface area contributed by atoms with E-state index in [-0.39, 0.29) is 11.3 Å². The Bertz CT molecular complexity index is 1160. The highest BCUT2D eigenvalue weighted by Gasteiger charge is 2.40. The fourth-order valence-electron chi connectivity index (χ4n) is 3.96. The summed E-state index contributed by atoms with van der Waals surface area (Å²) in [5.41, 5.74) is 2.65. The number of aldehydes is 1. The Hall–Kier alpha value is -3.90. The largest absolute Gasteiger partial charge is 0.496 e. The molecule has 0 aliphatic rings. The molecule has 0 fully saturated rings. The van der Waals surface area contributed by atoms with Crippen LogP contribution in [-0.4, -0.2) is 18.3 Å². The van der Waals surface area contributed by atoms with Gasteiger partial charge in [-0.05, 0) is 22.8 Å². The Balaban J connectivity index is 2.09. The van der Waals surface area contributed by atoms with Gasteiger partial charge >= 0.3 is 0 Å². The summed E-state index contributed by atoms with van der Waals surface area (Å²) < 4.78 is 4.77. The Morgan fingerprint density at radius 3 is 1.61 bits per heavy atom. The van der Waals surface area contributed by atoms with Crippen molar-refractivity contribution in [2.24, 2.45) is 0 Å². The van der Waals surface area contributed by atoms with Gasteiger partial charge in [0.15, 0.2) is 6.29 Å². The highest BCUT2D eigenvalue weighted by molar-refractivity contribution is 8.00. The van der Waals surface area contributed by atoms with Crippen LogP contribution in [0.5, 0.6) is 5.75 Å². The van der Waals surface area contributed by atoms with E-state index in [4.69, 9.17) is 4.74 Å².